The highest BCUT2D eigenvalue weighted by molar-refractivity contribution is 6.32. The molecule has 1 heterocycles. The van der Waals surface area contributed by atoms with Crippen molar-refractivity contribution in [2.75, 3.05) is 6.61 Å². The van der Waals surface area contributed by atoms with Crippen LogP contribution in [0.2, 0.25) is 5.02 Å². The number of carboxylic acids is 1. The van der Waals surface area contributed by atoms with Gasteiger partial charge in [-0.25, -0.2) is 13.6 Å². The lowest BCUT2D eigenvalue weighted by molar-refractivity contribution is -0.162. The third-order valence-corrected chi connectivity index (χ3v) is 9.40. The van der Waals surface area contributed by atoms with Gasteiger partial charge < -0.3 is 15.2 Å². The molecule has 0 radical (unpaired) electrons. The van der Waals surface area contributed by atoms with E-state index < -0.39 is 34.3 Å². The monoisotopic (exact) mass is 536 g/mol. The van der Waals surface area contributed by atoms with Crippen molar-refractivity contribution >= 4 is 23.6 Å². The highest BCUT2D eigenvalue weighted by Crippen LogP contribution is 2.56. The first kappa shape index (κ1) is 26.3. The molecule has 3 fully saturated rings. The number of rotatable bonds is 8. The topological polar surface area (TPSA) is 78.9 Å². The molecule has 0 spiro atoms. The van der Waals surface area contributed by atoms with Crippen LogP contribution in [-0.4, -0.2) is 40.1 Å². The van der Waals surface area contributed by atoms with Gasteiger partial charge in [-0.2, -0.15) is 0 Å². The van der Waals surface area contributed by atoms with Gasteiger partial charge in [0.15, 0.2) is 0 Å². The van der Waals surface area contributed by atoms with Gasteiger partial charge in [0, 0.05) is 24.6 Å². The number of nitrogens with zero attached hydrogens (tertiary/aromatic N) is 1. The van der Waals surface area contributed by atoms with Crippen LogP contribution in [0, 0.1) is 17.3 Å². The van der Waals surface area contributed by atoms with Gasteiger partial charge in [-0.15, -0.1) is 0 Å². The van der Waals surface area contributed by atoms with Crippen molar-refractivity contribution in [3.8, 4) is 5.75 Å². The zero-order valence-corrected chi connectivity index (χ0v) is 22.3. The van der Waals surface area contributed by atoms with Gasteiger partial charge in [0.1, 0.15) is 5.75 Å². The summed E-state index contributed by atoms with van der Waals surface area (Å²) < 4.78 is 33.8. The second-order valence-corrected chi connectivity index (χ2v) is 12.7. The second kappa shape index (κ2) is 8.85. The number of carboxylic acid groups (broad SMARTS) is 1. The minimum atomic E-state index is -2.74. The molecular weight excluding hydrogens is 502 g/mol. The summed E-state index contributed by atoms with van der Waals surface area (Å²) >= 11 is 6.58. The van der Waals surface area contributed by atoms with Gasteiger partial charge in [0.2, 0.25) is 5.92 Å². The van der Waals surface area contributed by atoms with Gasteiger partial charge >= 0.3 is 12.0 Å². The SMILES string of the molecule is CC1(C(=O)O)CC(C)(N2C=C(C3CC(F)(F)C3)[C@](C)(c3ccc(OCCC4CCC4)c(Cl)c3)NC2=O)C1. The Kier molecular flexibility index (Phi) is 6.29. The maximum absolute atomic E-state index is 14.0. The predicted octanol–water partition coefficient (Wildman–Crippen LogP) is 6.72. The molecule has 0 saturated heterocycles. The zero-order valence-electron chi connectivity index (χ0n) is 21.6. The quantitative estimate of drug-likeness (QED) is 0.386. The lowest BCUT2D eigenvalue weighted by Gasteiger charge is -2.57. The van der Waals surface area contributed by atoms with Crippen LogP contribution in [0.3, 0.4) is 0 Å². The molecular formula is C28H35ClF2N2O4. The third kappa shape index (κ3) is 4.59. The maximum Gasteiger partial charge on any atom is 0.322 e. The van der Waals surface area contributed by atoms with E-state index in [1.807, 2.05) is 19.9 Å². The van der Waals surface area contributed by atoms with Crippen LogP contribution in [0.15, 0.2) is 30.0 Å². The normalized spacial score (nSPS) is 33.5. The standard InChI is InChI=1S/C28H35ClF2N2O4/c1-25(23(34)35)15-26(2,16-25)33-14-20(18-12-28(30,31)13-18)27(3,32-24(33)36)19-7-8-22(21(29)11-19)37-10-9-17-5-4-6-17/h7-8,11,14,17-18H,4-6,9-10,12-13,15-16H2,1-3H3,(H,32,36)(H,34,35)/t25?,26?,27-/m0/s1. The average molecular weight is 537 g/mol. The van der Waals surface area contributed by atoms with Crippen molar-refractivity contribution in [1.82, 2.24) is 10.2 Å². The predicted molar refractivity (Wildman–Crippen MR) is 136 cm³/mol. The molecule has 37 heavy (non-hydrogen) atoms. The second-order valence-electron chi connectivity index (χ2n) is 12.3. The van der Waals surface area contributed by atoms with E-state index in [-0.39, 0.29) is 31.7 Å². The molecule has 5 rings (SSSR count). The molecule has 3 aliphatic carbocycles. The van der Waals surface area contributed by atoms with Crippen molar-refractivity contribution in [3.63, 3.8) is 0 Å². The number of aliphatic carboxylic acids is 1. The van der Waals surface area contributed by atoms with Crippen molar-refractivity contribution in [2.24, 2.45) is 17.3 Å². The lowest BCUT2D eigenvalue weighted by atomic mass is 9.58. The Morgan fingerprint density at radius 2 is 1.89 bits per heavy atom. The number of benzene rings is 1. The van der Waals surface area contributed by atoms with Crippen molar-refractivity contribution in [2.45, 2.75) is 89.1 Å². The summed E-state index contributed by atoms with van der Waals surface area (Å²) in [6.45, 7) is 5.91. The van der Waals surface area contributed by atoms with E-state index in [0.29, 0.717) is 28.5 Å². The highest BCUT2D eigenvalue weighted by Gasteiger charge is 2.60. The van der Waals surface area contributed by atoms with Crippen LogP contribution in [0.4, 0.5) is 13.6 Å². The largest absolute Gasteiger partial charge is 0.492 e. The summed E-state index contributed by atoms with van der Waals surface area (Å²) in [5, 5.41) is 13.0. The number of urea groups is 1. The van der Waals surface area contributed by atoms with E-state index in [4.69, 9.17) is 16.3 Å². The molecule has 2 amide bonds. The minimum absolute atomic E-state index is 0.281. The smallest absolute Gasteiger partial charge is 0.322 e. The Hall–Kier alpha value is -2.35. The first-order valence-corrected chi connectivity index (χ1v) is 13.5. The molecule has 0 aromatic heterocycles. The molecule has 3 saturated carbocycles. The fourth-order valence-electron chi connectivity index (χ4n) is 6.70. The maximum atomic E-state index is 14.0. The first-order chi connectivity index (χ1) is 17.2. The Balaban J connectivity index is 1.42. The summed E-state index contributed by atoms with van der Waals surface area (Å²) in [7, 11) is 0. The Bertz CT molecular complexity index is 1140. The molecule has 1 atom stereocenters. The third-order valence-electron chi connectivity index (χ3n) is 9.11. The van der Waals surface area contributed by atoms with Crippen molar-refractivity contribution in [1.29, 1.82) is 0 Å². The Morgan fingerprint density at radius 1 is 1.22 bits per heavy atom. The number of carbonyl (C=O) groups excluding carboxylic acids is 1. The number of hydrogen-bond donors (Lipinski definition) is 2. The number of ether oxygens (including phenoxy) is 1. The Morgan fingerprint density at radius 3 is 2.43 bits per heavy atom. The minimum Gasteiger partial charge on any atom is -0.492 e. The van der Waals surface area contributed by atoms with E-state index in [1.54, 1.807) is 25.3 Å². The van der Waals surface area contributed by atoms with Crippen LogP contribution in [0.25, 0.3) is 0 Å². The summed E-state index contributed by atoms with van der Waals surface area (Å²) in [5.41, 5.74) is -1.31. The number of amides is 2. The molecule has 4 aliphatic rings. The number of hydrogen-bond acceptors (Lipinski definition) is 3. The van der Waals surface area contributed by atoms with Crippen LogP contribution in [0.1, 0.15) is 77.7 Å². The molecule has 202 valence electrons. The van der Waals surface area contributed by atoms with Gasteiger partial charge in [-0.05, 0) is 75.1 Å². The van der Waals surface area contributed by atoms with Gasteiger partial charge in [-0.1, -0.05) is 36.9 Å². The summed E-state index contributed by atoms with van der Waals surface area (Å²) in [6, 6.07) is 4.97. The van der Waals surface area contributed by atoms with Gasteiger partial charge in [-0.3, -0.25) is 9.69 Å². The fourth-order valence-corrected chi connectivity index (χ4v) is 6.94. The number of carbonyl (C=O) groups is 2. The molecule has 9 heteroatoms. The molecule has 2 N–H and O–H groups in total. The van der Waals surface area contributed by atoms with E-state index in [2.05, 4.69) is 5.32 Å². The zero-order chi connectivity index (χ0) is 26.8. The van der Waals surface area contributed by atoms with Crippen LogP contribution >= 0.6 is 11.6 Å². The lowest BCUT2D eigenvalue weighted by Crippen LogP contribution is -2.67. The van der Waals surface area contributed by atoms with Crippen LogP contribution < -0.4 is 10.1 Å². The first-order valence-electron chi connectivity index (χ1n) is 13.1. The molecule has 1 aromatic carbocycles. The number of alkyl halides is 2. The van der Waals surface area contributed by atoms with Gasteiger partial charge in [0.05, 0.1) is 22.6 Å². The van der Waals surface area contributed by atoms with E-state index in [1.165, 1.54) is 24.2 Å². The average Bonchev–Trinajstić information content (AvgIpc) is 2.73. The van der Waals surface area contributed by atoms with E-state index in [9.17, 15) is 23.5 Å². The summed E-state index contributed by atoms with van der Waals surface area (Å²) in [5.74, 6) is -2.78. The summed E-state index contributed by atoms with van der Waals surface area (Å²) in [4.78, 5) is 26.6. The van der Waals surface area contributed by atoms with Gasteiger partial charge in [0.25, 0.3) is 0 Å². The molecule has 1 aromatic rings. The molecule has 0 unspecified atom stereocenters. The van der Waals surface area contributed by atoms with Crippen LogP contribution in [0.5, 0.6) is 5.75 Å². The Labute approximate surface area is 221 Å². The van der Waals surface area contributed by atoms with E-state index >= 15 is 0 Å². The summed E-state index contributed by atoms with van der Waals surface area (Å²) in [6.07, 6.45) is 6.43. The molecule has 0 bridgehead atoms. The molecule has 6 nitrogen and oxygen atoms in total. The number of halogens is 3. The van der Waals surface area contributed by atoms with Crippen molar-refractivity contribution in [3.05, 3.63) is 40.6 Å². The fraction of sp³-hybridized carbons (Fsp3) is 0.643. The highest BCUT2D eigenvalue weighted by atomic mass is 35.5. The molecule has 1 aliphatic heterocycles. The van der Waals surface area contributed by atoms with Crippen molar-refractivity contribution < 1.29 is 28.2 Å². The van der Waals surface area contributed by atoms with E-state index in [0.717, 1.165) is 12.3 Å². The van der Waals surface area contributed by atoms with Crippen LogP contribution in [-0.2, 0) is 10.3 Å². The number of nitrogens with one attached hydrogen (secondary N) is 1.